The fourth-order valence-electron chi connectivity index (χ4n) is 2.51. The van der Waals surface area contributed by atoms with Crippen molar-refractivity contribution in [3.05, 3.63) is 23.8 Å². The lowest BCUT2D eigenvalue weighted by Gasteiger charge is -2.24. The van der Waals surface area contributed by atoms with Gasteiger partial charge < -0.3 is 24.8 Å². The number of nitrogens with one attached hydrogen (secondary N) is 2. The quantitative estimate of drug-likeness (QED) is 0.828. The molecule has 2 N–H and O–H groups in total. The van der Waals surface area contributed by atoms with Gasteiger partial charge in [-0.05, 0) is 25.1 Å². The number of benzene rings is 1. The number of hydrogen-bond donors (Lipinski definition) is 2. The summed E-state index contributed by atoms with van der Waals surface area (Å²) in [6.07, 6.45) is 0.289. The Morgan fingerprint density at radius 1 is 1.45 bits per heavy atom. The minimum Gasteiger partial charge on any atom is -0.497 e. The highest BCUT2D eigenvalue weighted by molar-refractivity contribution is 5.77. The molecule has 1 amide bonds. The van der Waals surface area contributed by atoms with Crippen molar-refractivity contribution >= 4 is 5.91 Å². The molecule has 2 atom stereocenters. The van der Waals surface area contributed by atoms with E-state index in [-0.39, 0.29) is 18.1 Å². The maximum atomic E-state index is 12.2. The molecule has 0 bridgehead atoms. The van der Waals surface area contributed by atoms with Crippen LogP contribution in [0.4, 0.5) is 0 Å². The van der Waals surface area contributed by atoms with Gasteiger partial charge in [0.05, 0.1) is 39.4 Å². The first-order valence-corrected chi connectivity index (χ1v) is 7.47. The van der Waals surface area contributed by atoms with Crippen molar-refractivity contribution in [1.82, 2.24) is 10.6 Å². The van der Waals surface area contributed by atoms with Crippen molar-refractivity contribution < 1.29 is 19.0 Å². The predicted molar refractivity (Wildman–Crippen MR) is 83.3 cm³/mol. The monoisotopic (exact) mass is 308 g/mol. The Morgan fingerprint density at radius 3 is 2.91 bits per heavy atom. The molecule has 0 saturated carbocycles. The molecule has 0 radical (unpaired) electrons. The molecule has 1 heterocycles. The smallest absolute Gasteiger partial charge is 0.223 e. The minimum atomic E-state index is -0.172. The molecule has 1 saturated heterocycles. The SMILES string of the molecule is COc1ccc(OC)c(C(C)NC(=O)CC2CNCCO2)c1. The van der Waals surface area contributed by atoms with E-state index in [1.54, 1.807) is 14.2 Å². The normalized spacial score (nSPS) is 19.3. The van der Waals surface area contributed by atoms with E-state index in [0.29, 0.717) is 19.6 Å². The van der Waals surface area contributed by atoms with Crippen LogP contribution in [0, 0.1) is 0 Å². The van der Waals surface area contributed by atoms with E-state index in [9.17, 15) is 4.79 Å². The average molecular weight is 308 g/mol. The van der Waals surface area contributed by atoms with Crippen LogP contribution in [0.1, 0.15) is 24.9 Å². The van der Waals surface area contributed by atoms with Gasteiger partial charge in [-0.2, -0.15) is 0 Å². The van der Waals surface area contributed by atoms with Gasteiger partial charge in [0, 0.05) is 18.7 Å². The first-order valence-electron chi connectivity index (χ1n) is 7.47. The maximum absolute atomic E-state index is 12.2. The molecule has 0 spiro atoms. The Bertz CT molecular complexity index is 501. The largest absolute Gasteiger partial charge is 0.497 e. The van der Waals surface area contributed by atoms with Gasteiger partial charge in [0.1, 0.15) is 11.5 Å². The van der Waals surface area contributed by atoms with E-state index in [0.717, 1.165) is 23.6 Å². The summed E-state index contributed by atoms with van der Waals surface area (Å²) in [6.45, 7) is 4.13. The highest BCUT2D eigenvalue weighted by atomic mass is 16.5. The molecule has 1 aromatic rings. The molecule has 6 nitrogen and oxygen atoms in total. The van der Waals surface area contributed by atoms with E-state index < -0.39 is 0 Å². The van der Waals surface area contributed by atoms with Crippen LogP contribution in [0.5, 0.6) is 11.5 Å². The van der Waals surface area contributed by atoms with Crippen LogP contribution in [-0.2, 0) is 9.53 Å². The average Bonchev–Trinajstić information content (AvgIpc) is 2.54. The number of morpholine rings is 1. The summed E-state index contributed by atoms with van der Waals surface area (Å²) < 4.78 is 16.1. The Labute approximate surface area is 131 Å². The van der Waals surface area contributed by atoms with Gasteiger partial charge in [0.2, 0.25) is 5.91 Å². The molecule has 0 aliphatic carbocycles. The molecule has 122 valence electrons. The summed E-state index contributed by atoms with van der Waals surface area (Å²) in [4.78, 5) is 12.2. The maximum Gasteiger partial charge on any atom is 0.223 e. The van der Waals surface area contributed by atoms with Crippen LogP contribution in [0.25, 0.3) is 0 Å². The Morgan fingerprint density at radius 2 is 2.27 bits per heavy atom. The summed E-state index contributed by atoms with van der Waals surface area (Å²) in [7, 11) is 3.23. The van der Waals surface area contributed by atoms with Gasteiger partial charge in [-0.15, -0.1) is 0 Å². The van der Waals surface area contributed by atoms with Gasteiger partial charge in [-0.3, -0.25) is 4.79 Å². The summed E-state index contributed by atoms with van der Waals surface area (Å²) in [5.74, 6) is 1.42. The lowest BCUT2D eigenvalue weighted by Crippen LogP contribution is -2.41. The Hall–Kier alpha value is -1.79. The zero-order valence-electron chi connectivity index (χ0n) is 13.3. The third-order valence-electron chi connectivity index (χ3n) is 3.70. The molecule has 6 heteroatoms. The van der Waals surface area contributed by atoms with Crippen LogP contribution in [0.15, 0.2) is 18.2 Å². The van der Waals surface area contributed by atoms with Crippen molar-refractivity contribution in [3.8, 4) is 11.5 Å². The molecule has 2 unspecified atom stereocenters. The topological polar surface area (TPSA) is 68.8 Å². The van der Waals surface area contributed by atoms with Crippen LogP contribution < -0.4 is 20.1 Å². The van der Waals surface area contributed by atoms with Gasteiger partial charge in [-0.1, -0.05) is 0 Å². The first kappa shape index (κ1) is 16.6. The molecular weight excluding hydrogens is 284 g/mol. The Kier molecular flexibility index (Phi) is 6.03. The van der Waals surface area contributed by atoms with Gasteiger partial charge in [0.15, 0.2) is 0 Å². The van der Waals surface area contributed by atoms with Crippen LogP contribution in [-0.4, -0.2) is 45.9 Å². The highest BCUT2D eigenvalue weighted by Gasteiger charge is 2.20. The second kappa shape index (κ2) is 8.00. The minimum absolute atomic E-state index is 0.0360. The summed E-state index contributed by atoms with van der Waals surface area (Å²) >= 11 is 0. The van der Waals surface area contributed by atoms with E-state index in [4.69, 9.17) is 14.2 Å². The number of carbonyl (C=O) groups excluding carboxylic acids is 1. The zero-order chi connectivity index (χ0) is 15.9. The van der Waals surface area contributed by atoms with Gasteiger partial charge in [-0.25, -0.2) is 0 Å². The van der Waals surface area contributed by atoms with Crippen molar-refractivity contribution in [2.75, 3.05) is 33.9 Å². The molecule has 0 aromatic heterocycles. The summed E-state index contributed by atoms with van der Waals surface area (Å²) in [5.41, 5.74) is 0.887. The zero-order valence-corrected chi connectivity index (χ0v) is 13.3. The number of rotatable bonds is 6. The number of ether oxygens (including phenoxy) is 3. The summed E-state index contributed by atoms with van der Waals surface area (Å²) in [5, 5.41) is 6.20. The molecule has 1 aliphatic rings. The third-order valence-corrected chi connectivity index (χ3v) is 3.70. The van der Waals surface area contributed by atoms with Crippen molar-refractivity contribution in [1.29, 1.82) is 0 Å². The first-order chi connectivity index (χ1) is 10.6. The second-order valence-electron chi connectivity index (χ2n) is 5.30. The van der Waals surface area contributed by atoms with E-state index in [1.807, 2.05) is 25.1 Å². The van der Waals surface area contributed by atoms with Crippen molar-refractivity contribution in [2.24, 2.45) is 0 Å². The third kappa shape index (κ3) is 4.35. The number of methoxy groups -OCH3 is 2. The van der Waals surface area contributed by atoms with Crippen molar-refractivity contribution in [2.45, 2.75) is 25.5 Å². The molecule has 1 aliphatic heterocycles. The lowest BCUT2D eigenvalue weighted by molar-refractivity contribution is -0.125. The van der Waals surface area contributed by atoms with Crippen LogP contribution in [0.2, 0.25) is 0 Å². The van der Waals surface area contributed by atoms with Gasteiger partial charge >= 0.3 is 0 Å². The number of hydrogen-bond acceptors (Lipinski definition) is 5. The number of carbonyl (C=O) groups is 1. The van der Waals surface area contributed by atoms with Gasteiger partial charge in [0.25, 0.3) is 0 Å². The fourth-order valence-corrected chi connectivity index (χ4v) is 2.51. The molecule has 1 aromatic carbocycles. The van der Waals surface area contributed by atoms with E-state index >= 15 is 0 Å². The van der Waals surface area contributed by atoms with E-state index in [1.165, 1.54) is 0 Å². The predicted octanol–water partition coefficient (Wildman–Crippen LogP) is 1.26. The van der Waals surface area contributed by atoms with Crippen molar-refractivity contribution in [3.63, 3.8) is 0 Å². The van der Waals surface area contributed by atoms with E-state index in [2.05, 4.69) is 10.6 Å². The van der Waals surface area contributed by atoms with Crippen LogP contribution in [0.3, 0.4) is 0 Å². The molecular formula is C16H24N2O4. The molecule has 1 fully saturated rings. The lowest BCUT2D eigenvalue weighted by atomic mass is 10.1. The Balaban J connectivity index is 1.98. The van der Waals surface area contributed by atoms with Crippen LogP contribution >= 0.6 is 0 Å². The second-order valence-corrected chi connectivity index (χ2v) is 5.30. The molecule has 22 heavy (non-hydrogen) atoms. The standard InChI is InChI=1S/C16H24N2O4/c1-11(14-8-12(20-2)4-5-15(14)21-3)18-16(19)9-13-10-17-6-7-22-13/h4-5,8,11,13,17H,6-7,9-10H2,1-3H3,(H,18,19). The highest BCUT2D eigenvalue weighted by Crippen LogP contribution is 2.29. The molecule has 2 rings (SSSR count). The summed E-state index contributed by atoms with van der Waals surface area (Å²) in [6, 6.07) is 5.38. The number of amides is 1. The fraction of sp³-hybridized carbons (Fsp3) is 0.562.